The Morgan fingerprint density at radius 1 is 1.12 bits per heavy atom. The van der Waals surface area contributed by atoms with Gasteiger partial charge in [-0.2, -0.15) is 0 Å². The van der Waals surface area contributed by atoms with Crippen LogP contribution in [0.5, 0.6) is 0 Å². The van der Waals surface area contributed by atoms with Crippen LogP contribution in [-0.2, 0) is 25.7 Å². The zero-order valence-corrected chi connectivity index (χ0v) is 23.4. The SMILES string of the molecule is CN(CC(=O)NCc1ccc2c(c1)Sc1ccccc1N=C2N1CCN(CCOCCO)CC1)C(=O)/C=C\C=O. The van der Waals surface area contributed by atoms with E-state index >= 15 is 0 Å². The zero-order valence-electron chi connectivity index (χ0n) is 22.6. The molecule has 0 radical (unpaired) electrons. The highest BCUT2D eigenvalue weighted by Gasteiger charge is 2.25. The first kappa shape index (κ1) is 29.5. The standard InChI is InChI=1S/C29H35N5O5S/c1-32(28(38)7-4-15-35)21-27(37)30-20-22-8-9-23-26(19-22)40-25-6-3-2-5-24(25)31-29(23)34-12-10-33(11-13-34)14-17-39-18-16-36/h2-9,15,19,36H,10-14,16-18,20-21H2,1H3,(H,30,37)/b7-4-. The fourth-order valence-corrected chi connectivity index (χ4v) is 5.54. The molecule has 0 bridgehead atoms. The summed E-state index contributed by atoms with van der Waals surface area (Å²) in [4.78, 5) is 48.0. The number of aliphatic hydroxyl groups excluding tert-OH is 1. The number of carbonyl (C=O) groups is 3. The number of benzene rings is 2. The van der Waals surface area contributed by atoms with Crippen LogP contribution in [0.15, 0.2) is 69.4 Å². The van der Waals surface area contributed by atoms with Crippen LogP contribution >= 0.6 is 11.8 Å². The molecule has 10 nitrogen and oxygen atoms in total. The normalized spacial score (nSPS) is 15.2. The number of aliphatic hydroxyl groups is 1. The number of rotatable bonds is 11. The molecule has 0 spiro atoms. The molecule has 2 aromatic rings. The van der Waals surface area contributed by atoms with Crippen LogP contribution in [0, 0.1) is 0 Å². The van der Waals surface area contributed by atoms with Crippen LogP contribution in [0.25, 0.3) is 0 Å². The van der Waals surface area contributed by atoms with E-state index < -0.39 is 5.91 Å². The quantitative estimate of drug-likeness (QED) is 0.240. The fraction of sp³-hybridized carbons (Fsp3) is 0.379. The molecule has 1 fully saturated rings. The van der Waals surface area contributed by atoms with Gasteiger partial charge in [0.15, 0.2) is 0 Å². The third-order valence-electron chi connectivity index (χ3n) is 6.62. The summed E-state index contributed by atoms with van der Waals surface area (Å²) in [6.07, 6.45) is 2.76. The first-order chi connectivity index (χ1) is 19.5. The van der Waals surface area contributed by atoms with E-state index in [-0.39, 0.29) is 19.1 Å². The smallest absolute Gasteiger partial charge is 0.246 e. The van der Waals surface area contributed by atoms with Gasteiger partial charge in [-0.05, 0) is 35.9 Å². The lowest BCUT2D eigenvalue weighted by Crippen LogP contribution is -2.49. The zero-order chi connectivity index (χ0) is 28.3. The maximum Gasteiger partial charge on any atom is 0.246 e. The van der Waals surface area contributed by atoms with Gasteiger partial charge < -0.3 is 25.0 Å². The molecule has 0 aromatic heterocycles. The Morgan fingerprint density at radius 3 is 2.70 bits per heavy atom. The highest BCUT2D eigenvalue weighted by molar-refractivity contribution is 7.99. The summed E-state index contributed by atoms with van der Waals surface area (Å²) in [6, 6.07) is 14.3. The number of ether oxygens (including phenoxy) is 1. The van der Waals surface area contributed by atoms with E-state index in [4.69, 9.17) is 14.8 Å². The molecule has 0 saturated carbocycles. The highest BCUT2D eigenvalue weighted by Crippen LogP contribution is 2.41. The lowest BCUT2D eigenvalue weighted by molar-refractivity contribution is -0.131. The van der Waals surface area contributed by atoms with Gasteiger partial charge in [0.2, 0.25) is 11.8 Å². The van der Waals surface area contributed by atoms with Crippen molar-refractivity contribution >= 4 is 41.4 Å². The molecule has 1 saturated heterocycles. The largest absolute Gasteiger partial charge is 0.394 e. The van der Waals surface area contributed by atoms with Gasteiger partial charge in [0, 0.05) is 67.7 Å². The number of fused-ring (bicyclic) bond motifs is 2. The molecule has 4 rings (SSSR count). The topological polar surface area (TPSA) is 115 Å². The number of hydrogen-bond donors (Lipinski definition) is 2. The number of hydrogen-bond acceptors (Lipinski definition) is 9. The molecular weight excluding hydrogens is 530 g/mol. The number of aldehydes is 1. The highest BCUT2D eigenvalue weighted by atomic mass is 32.2. The van der Waals surface area contributed by atoms with Crippen LogP contribution < -0.4 is 5.32 Å². The lowest BCUT2D eigenvalue weighted by Gasteiger charge is -2.36. The predicted octanol–water partition coefficient (Wildman–Crippen LogP) is 1.69. The first-order valence-electron chi connectivity index (χ1n) is 13.3. The number of piperazine rings is 1. The molecule has 0 atom stereocenters. The summed E-state index contributed by atoms with van der Waals surface area (Å²) in [5, 5.41) is 11.8. The van der Waals surface area contributed by atoms with E-state index in [0.717, 1.165) is 77.3 Å². The Balaban J connectivity index is 1.44. The van der Waals surface area contributed by atoms with Crippen molar-refractivity contribution in [2.24, 2.45) is 4.99 Å². The third-order valence-corrected chi connectivity index (χ3v) is 7.74. The minimum atomic E-state index is -0.412. The molecular formula is C29H35N5O5S. The molecule has 0 unspecified atom stereocenters. The van der Waals surface area contributed by atoms with Gasteiger partial charge in [-0.25, -0.2) is 4.99 Å². The van der Waals surface area contributed by atoms with Crippen LogP contribution in [0.4, 0.5) is 5.69 Å². The number of aliphatic imine (C=N–C) groups is 1. The number of amides is 2. The van der Waals surface area contributed by atoms with Gasteiger partial charge >= 0.3 is 0 Å². The van der Waals surface area contributed by atoms with Crippen molar-refractivity contribution in [1.29, 1.82) is 0 Å². The molecule has 2 N–H and O–H groups in total. The van der Waals surface area contributed by atoms with Crippen LogP contribution in [0.2, 0.25) is 0 Å². The molecule has 2 aromatic carbocycles. The van der Waals surface area contributed by atoms with Crippen molar-refractivity contribution in [1.82, 2.24) is 20.0 Å². The third kappa shape index (κ3) is 8.01. The average Bonchev–Trinajstić information content (AvgIpc) is 3.13. The van der Waals surface area contributed by atoms with Crippen molar-refractivity contribution < 1.29 is 24.2 Å². The number of amidine groups is 1. The summed E-state index contributed by atoms with van der Waals surface area (Å²) in [5.74, 6) is 0.248. The van der Waals surface area contributed by atoms with Crippen molar-refractivity contribution in [3.8, 4) is 0 Å². The minimum Gasteiger partial charge on any atom is -0.394 e. The Labute approximate surface area is 238 Å². The number of allylic oxidation sites excluding steroid dienone is 1. The second kappa shape index (κ2) is 14.8. The van der Waals surface area contributed by atoms with E-state index in [1.165, 1.54) is 11.9 Å². The van der Waals surface area contributed by atoms with Crippen molar-refractivity contribution in [2.75, 3.05) is 66.1 Å². The molecule has 40 heavy (non-hydrogen) atoms. The number of nitrogens with one attached hydrogen (secondary N) is 1. The van der Waals surface area contributed by atoms with Gasteiger partial charge in [-0.3, -0.25) is 19.3 Å². The molecule has 11 heteroatoms. The Bertz CT molecular complexity index is 1260. The molecule has 0 aliphatic carbocycles. The van der Waals surface area contributed by atoms with E-state index in [2.05, 4.69) is 33.3 Å². The number of nitrogens with zero attached hydrogens (tertiary/aromatic N) is 4. The van der Waals surface area contributed by atoms with E-state index in [1.807, 2.05) is 24.3 Å². The van der Waals surface area contributed by atoms with Gasteiger partial charge in [0.1, 0.15) is 12.1 Å². The van der Waals surface area contributed by atoms with Crippen molar-refractivity contribution in [3.63, 3.8) is 0 Å². The van der Waals surface area contributed by atoms with Crippen LogP contribution in [0.1, 0.15) is 11.1 Å². The fourth-order valence-electron chi connectivity index (χ4n) is 4.46. The van der Waals surface area contributed by atoms with E-state index in [1.54, 1.807) is 11.8 Å². The van der Waals surface area contributed by atoms with Gasteiger partial charge in [-0.15, -0.1) is 0 Å². The summed E-state index contributed by atoms with van der Waals surface area (Å²) in [7, 11) is 1.51. The van der Waals surface area contributed by atoms with Crippen molar-refractivity contribution in [2.45, 2.75) is 16.3 Å². The minimum absolute atomic E-state index is 0.0418. The lowest BCUT2D eigenvalue weighted by atomic mass is 10.1. The summed E-state index contributed by atoms with van der Waals surface area (Å²) in [5.41, 5.74) is 2.94. The summed E-state index contributed by atoms with van der Waals surface area (Å²) in [6.45, 7) is 5.56. The molecule has 2 amide bonds. The second-order valence-electron chi connectivity index (χ2n) is 9.47. The maximum absolute atomic E-state index is 12.4. The summed E-state index contributed by atoms with van der Waals surface area (Å²) < 4.78 is 5.43. The van der Waals surface area contributed by atoms with Gasteiger partial charge in [0.25, 0.3) is 0 Å². The van der Waals surface area contributed by atoms with Crippen LogP contribution in [-0.4, -0.2) is 110 Å². The average molecular weight is 566 g/mol. The predicted molar refractivity (Wildman–Crippen MR) is 154 cm³/mol. The molecule has 212 valence electrons. The van der Waals surface area contributed by atoms with E-state index in [0.29, 0.717) is 26.0 Å². The first-order valence-corrected chi connectivity index (χ1v) is 14.1. The molecule has 2 heterocycles. The summed E-state index contributed by atoms with van der Waals surface area (Å²) >= 11 is 1.67. The Kier molecular flexibility index (Phi) is 10.9. The van der Waals surface area contributed by atoms with Crippen molar-refractivity contribution in [3.05, 3.63) is 65.7 Å². The second-order valence-corrected chi connectivity index (χ2v) is 10.6. The Morgan fingerprint density at radius 2 is 1.93 bits per heavy atom. The number of carbonyl (C=O) groups excluding carboxylic acids is 3. The van der Waals surface area contributed by atoms with Gasteiger partial charge in [-0.1, -0.05) is 30.0 Å². The maximum atomic E-state index is 12.4. The Hall–Kier alpha value is -3.51. The number of para-hydroxylation sites is 1. The van der Waals surface area contributed by atoms with Gasteiger partial charge in [0.05, 0.1) is 32.1 Å². The molecule has 2 aliphatic heterocycles. The van der Waals surface area contributed by atoms with E-state index in [9.17, 15) is 14.4 Å². The van der Waals surface area contributed by atoms with Crippen LogP contribution in [0.3, 0.4) is 0 Å². The monoisotopic (exact) mass is 565 g/mol. The molecule has 2 aliphatic rings. The number of likely N-dealkylation sites (N-methyl/N-ethyl adjacent to an activating group) is 1.